The van der Waals surface area contributed by atoms with E-state index in [1.54, 1.807) is 0 Å². The highest BCUT2D eigenvalue weighted by molar-refractivity contribution is 5.13. The molecule has 2 heteroatoms. The predicted octanol–water partition coefficient (Wildman–Crippen LogP) is 2.10. The minimum Gasteiger partial charge on any atom is -0.373 e. The highest BCUT2D eigenvalue weighted by atomic mass is 16.5. The number of benzene rings is 1. The summed E-state index contributed by atoms with van der Waals surface area (Å²) >= 11 is 0. The van der Waals surface area contributed by atoms with E-state index in [2.05, 4.69) is 29.6 Å². The van der Waals surface area contributed by atoms with Gasteiger partial charge in [-0.15, -0.1) is 0 Å². The van der Waals surface area contributed by atoms with Gasteiger partial charge in [0.2, 0.25) is 0 Å². The zero-order valence-electron chi connectivity index (χ0n) is 8.86. The maximum atomic E-state index is 5.93. The van der Waals surface area contributed by atoms with Crippen molar-refractivity contribution >= 4 is 0 Å². The van der Waals surface area contributed by atoms with Crippen LogP contribution >= 0.6 is 0 Å². The number of rotatable bonds is 3. The van der Waals surface area contributed by atoms with Gasteiger partial charge in [-0.3, -0.25) is 0 Å². The molecule has 0 spiro atoms. The average Bonchev–Trinajstić information content (AvgIpc) is 2.27. The highest BCUT2D eigenvalue weighted by Crippen LogP contribution is 2.30. The van der Waals surface area contributed by atoms with Crippen LogP contribution in [0.25, 0.3) is 0 Å². The predicted molar refractivity (Wildman–Crippen MR) is 59.6 cm³/mol. The summed E-state index contributed by atoms with van der Waals surface area (Å²) in [5, 5.41) is 3.53. The Morgan fingerprint density at radius 1 is 1.07 bits per heavy atom. The summed E-state index contributed by atoms with van der Waals surface area (Å²) in [5.74, 6) is 0. The van der Waals surface area contributed by atoms with Gasteiger partial charge in [-0.1, -0.05) is 30.3 Å². The van der Waals surface area contributed by atoms with Crippen molar-refractivity contribution in [2.45, 2.75) is 44.1 Å². The van der Waals surface area contributed by atoms with E-state index in [4.69, 9.17) is 4.74 Å². The van der Waals surface area contributed by atoms with Gasteiger partial charge in [-0.25, -0.2) is 0 Å². The first-order chi connectivity index (χ1) is 7.40. The Morgan fingerprint density at radius 2 is 1.73 bits per heavy atom. The van der Waals surface area contributed by atoms with Crippen LogP contribution < -0.4 is 5.32 Å². The Labute approximate surface area is 90.6 Å². The van der Waals surface area contributed by atoms with Gasteiger partial charge < -0.3 is 10.1 Å². The zero-order valence-corrected chi connectivity index (χ0v) is 8.86. The summed E-state index contributed by atoms with van der Waals surface area (Å²) in [4.78, 5) is 0. The molecule has 1 aromatic rings. The molecule has 15 heavy (non-hydrogen) atoms. The molecule has 1 aliphatic carbocycles. The molecule has 1 aromatic carbocycles. The van der Waals surface area contributed by atoms with Gasteiger partial charge in [0.25, 0.3) is 0 Å². The Kier molecular flexibility index (Phi) is 2.47. The van der Waals surface area contributed by atoms with Crippen LogP contribution in [0, 0.1) is 0 Å². The van der Waals surface area contributed by atoms with Crippen molar-refractivity contribution in [2.75, 3.05) is 0 Å². The minimum atomic E-state index is 0.482. The normalized spacial score (nSPS) is 33.5. The molecular weight excluding hydrogens is 186 g/mol. The lowest BCUT2D eigenvalue weighted by atomic mass is 9.81. The standard InChI is InChI=1S/C13H17NO/c1-2-4-10(5-3-1)9-15-13-7-11-6-12(8-13)14-11/h1-5,11-14H,6-9H2/t11-,12?,13?/m0/s1. The Balaban J connectivity index is 1.50. The van der Waals surface area contributed by atoms with E-state index in [-0.39, 0.29) is 0 Å². The second kappa shape index (κ2) is 3.95. The summed E-state index contributed by atoms with van der Waals surface area (Å²) in [6.45, 7) is 0.769. The van der Waals surface area contributed by atoms with Gasteiger partial charge in [0.15, 0.2) is 0 Å². The fourth-order valence-electron chi connectivity index (χ4n) is 2.64. The highest BCUT2D eigenvalue weighted by Gasteiger charge is 2.37. The van der Waals surface area contributed by atoms with Crippen molar-refractivity contribution in [3.05, 3.63) is 35.9 Å². The molecule has 3 aliphatic rings. The third kappa shape index (κ3) is 2.06. The van der Waals surface area contributed by atoms with E-state index in [1.165, 1.54) is 24.8 Å². The zero-order chi connectivity index (χ0) is 10.1. The third-order valence-corrected chi connectivity index (χ3v) is 3.46. The van der Waals surface area contributed by atoms with E-state index >= 15 is 0 Å². The molecule has 2 heterocycles. The molecule has 0 aromatic heterocycles. The summed E-state index contributed by atoms with van der Waals surface area (Å²) in [5.41, 5.74) is 1.28. The molecule has 0 amide bonds. The SMILES string of the molecule is c1ccc(COC2CC3C[C@@H](C2)N3)cc1. The van der Waals surface area contributed by atoms with Gasteiger partial charge in [0.05, 0.1) is 12.7 Å². The molecule has 1 N–H and O–H groups in total. The van der Waals surface area contributed by atoms with Crippen LogP contribution in [0.5, 0.6) is 0 Å². The van der Waals surface area contributed by atoms with E-state index < -0.39 is 0 Å². The van der Waals surface area contributed by atoms with Crippen LogP contribution in [0.2, 0.25) is 0 Å². The van der Waals surface area contributed by atoms with Crippen LogP contribution in [0.3, 0.4) is 0 Å². The fourth-order valence-corrected chi connectivity index (χ4v) is 2.64. The van der Waals surface area contributed by atoms with Crippen molar-refractivity contribution in [3.8, 4) is 0 Å². The topological polar surface area (TPSA) is 21.3 Å². The molecule has 2 nitrogen and oxygen atoms in total. The Hall–Kier alpha value is -0.860. The van der Waals surface area contributed by atoms with Crippen LogP contribution in [0.1, 0.15) is 24.8 Å². The van der Waals surface area contributed by atoms with Crippen molar-refractivity contribution in [3.63, 3.8) is 0 Å². The van der Waals surface area contributed by atoms with Crippen LogP contribution in [0.4, 0.5) is 0 Å². The molecule has 2 bridgehead atoms. The first-order valence-electron chi connectivity index (χ1n) is 5.82. The van der Waals surface area contributed by atoms with E-state index in [0.717, 1.165) is 18.7 Å². The third-order valence-electron chi connectivity index (χ3n) is 3.46. The minimum absolute atomic E-state index is 0.482. The molecule has 0 radical (unpaired) electrons. The number of ether oxygens (including phenoxy) is 1. The molecule has 2 aliphatic heterocycles. The first-order valence-corrected chi connectivity index (χ1v) is 5.82. The Bertz CT molecular complexity index is 309. The summed E-state index contributed by atoms with van der Waals surface area (Å²) in [6.07, 6.45) is 4.24. The lowest BCUT2D eigenvalue weighted by Gasteiger charge is -2.46. The molecule has 3 atom stereocenters. The summed E-state index contributed by atoms with van der Waals surface area (Å²) < 4.78 is 5.93. The number of piperidine rings is 1. The van der Waals surface area contributed by atoms with Gasteiger partial charge >= 0.3 is 0 Å². The van der Waals surface area contributed by atoms with Gasteiger partial charge in [0, 0.05) is 12.1 Å². The second-order valence-corrected chi connectivity index (χ2v) is 4.69. The number of fused-ring (bicyclic) bond motifs is 2. The maximum absolute atomic E-state index is 5.93. The lowest BCUT2D eigenvalue weighted by molar-refractivity contribution is -0.0305. The molecule has 80 valence electrons. The maximum Gasteiger partial charge on any atom is 0.0720 e. The van der Waals surface area contributed by atoms with Crippen molar-refractivity contribution < 1.29 is 4.74 Å². The van der Waals surface area contributed by atoms with E-state index in [1.807, 2.05) is 6.07 Å². The van der Waals surface area contributed by atoms with Crippen LogP contribution in [-0.4, -0.2) is 18.2 Å². The molecular formula is C13H17NO. The van der Waals surface area contributed by atoms with Gasteiger partial charge in [-0.2, -0.15) is 0 Å². The number of hydrogen-bond donors (Lipinski definition) is 1. The average molecular weight is 203 g/mol. The molecule has 3 fully saturated rings. The van der Waals surface area contributed by atoms with E-state index in [9.17, 15) is 0 Å². The van der Waals surface area contributed by atoms with Gasteiger partial charge in [-0.05, 0) is 24.8 Å². The molecule has 1 saturated carbocycles. The molecule has 2 unspecified atom stereocenters. The molecule has 4 rings (SSSR count). The van der Waals surface area contributed by atoms with Crippen LogP contribution in [0.15, 0.2) is 30.3 Å². The second-order valence-electron chi connectivity index (χ2n) is 4.69. The van der Waals surface area contributed by atoms with E-state index in [0.29, 0.717) is 6.10 Å². The molecule has 2 saturated heterocycles. The fraction of sp³-hybridized carbons (Fsp3) is 0.538. The number of hydrogen-bond acceptors (Lipinski definition) is 2. The van der Waals surface area contributed by atoms with Gasteiger partial charge in [0.1, 0.15) is 0 Å². The van der Waals surface area contributed by atoms with Crippen molar-refractivity contribution in [1.29, 1.82) is 0 Å². The first kappa shape index (κ1) is 9.37. The Morgan fingerprint density at radius 3 is 2.40 bits per heavy atom. The quantitative estimate of drug-likeness (QED) is 0.812. The summed E-state index contributed by atoms with van der Waals surface area (Å²) in [6, 6.07) is 11.9. The van der Waals surface area contributed by atoms with Crippen LogP contribution in [-0.2, 0) is 11.3 Å². The monoisotopic (exact) mass is 203 g/mol. The van der Waals surface area contributed by atoms with Crippen molar-refractivity contribution in [1.82, 2.24) is 5.32 Å². The largest absolute Gasteiger partial charge is 0.373 e. The number of nitrogens with one attached hydrogen (secondary N) is 1. The summed E-state index contributed by atoms with van der Waals surface area (Å²) in [7, 11) is 0. The lowest BCUT2D eigenvalue weighted by Crippen LogP contribution is -2.59. The smallest absolute Gasteiger partial charge is 0.0720 e. The van der Waals surface area contributed by atoms with Crippen molar-refractivity contribution in [2.24, 2.45) is 0 Å².